The van der Waals surface area contributed by atoms with E-state index < -0.39 is 10.0 Å². The van der Waals surface area contributed by atoms with E-state index >= 15 is 0 Å². The van der Waals surface area contributed by atoms with E-state index in [-0.39, 0.29) is 22.6 Å². The van der Waals surface area contributed by atoms with E-state index in [9.17, 15) is 13.2 Å². The number of pyridine rings is 2. The number of aromatic nitrogens is 2. The highest BCUT2D eigenvalue weighted by Gasteiger charge is 2.44. The lowest BCUT2D eigenvalue weighted by Crippen LogP contribution is -2.14. The molecule has 1 amide bonds. The number of benzene rings is 2. The third-order valence-electron chi connectivity index (χ3n) is 5.57. The lowest BCUT2D eigenvalue weighted by atomic mass is 10.1. The molecule has 160 valence electrons. The second kappa shape index (κ2) is 8.05. The zero-order valence-corrected chi connectivity index (χ0v) is 17.8. The first kappa shape index (κ1) is 20.1. The van der Waals surface area contributed by atoms with Crippen LogP contribution in [0.2, 0.25) is 0 Å². The zero-order valence-electron chi connectivity index (χ0n) is 17.0. The molecule has 0 spiro atoms. The van der Waals surface area contributed by atoms with Gasteiger partial charge in [0.05, 0.1) is 16.8 Å². The minimum atomic E-state index is -3.70. The molecule has 2 aromatic heterocycles. The molecule has 1 aliphatic carbocycles. The number of amides is 1. The van der Waals surface area contributed by atoms with Gasteiger partial charge in [-0.25, -0.2) is 8.42 Å². The summed E-state index contributed by atoms with van der Waals surface area (Å²) in [6.07, 6.45) is 7.27. The summed E-state index contributed by atoms with van der Waals surface area (Å²) in [5.74, 6) is -0.0693. The zero-order chi connectivity index (χ0) is 22.1. The molecule has 5 rings (SSSR count). The Morgan fingerprint density at radius 3 is 2.47 bits per heavy atom. The molecule has 1 fully saturated rings. The van der Waals surface area contributed by atoms with Crippen LogP contribution in [-0.4, -0.2) is 24.3 Å². The fourth-order valence-corrected chi connectivity index (χ4v) is 4.82. The number of fused-ring (bicyclic) bond motifs is 1. The molecule has 2 N–H and O–H groups in total. The number of anilines is 2. The van der Waals surface area contributed by atoms with Crippen LogP contribution in [-0.2, 0) is 14.8 Å². The summed E-state index contributed by atoms with van der Waals surface area (Å²) in [4.78, 5) is 20.9. The molecule has 0 radical (unpaired) electrons. The van der Waals surface area contributed by atoms with E-state index in [4.69, 9.17) is 0 Å². The predicted octanol–water partition coefficient (Wildman–Crippen LogP) is 4.17. The summed E-state index contributed by atoms with van der Waals surface area (Å²) in [7, 11) is -3.70. The Morgan fingerprint density at radius 2 is 1.69 bits per heavy atom. The Bertz CT molecular complexity index is 1390. The number of carbonyl (C=O) groups excluding carboxylic acids is 1. The first-order chi connectivity index (χ1) is 15.5. The van der Waals surface area contributed by atoms with Crippen LogP contribution in [0.25, 0.3) is 10.8 Å². The van der Waals surface area contributed by atoms with Crippen LogP contribution in [0.3, 0.4) is 0 Å². The van der Waals surface area contributed by atoms with Gasteiger partial charge in [0.1, 0.15) is 0 Å². The quantitative estimate of drug-likeness (QED) is 0.465. The Balaban J connectivity index is 1.24. The van der Waals surface area contributed by atoms with E-state index in [2.05, 4.69) is 20.0 Å². The highest BCUT2D eigenvalue weighted by atomic mass is 32.2. The van der Waals surface area contributed by atoms with Crippen molar-refractivity contribution in [3.8, 4) is 0 Å². The largest absolute Gasteiger partial charge is 0.326 e. The molecule has 32 heavy (non-hydrogen) atoms. The molecular formula is C24H20N4O3S. The van der Waals surface area contributed by atoms with E-state index in [0.717, 1.165) is 28.4 Å². The topological polar surface area (TPSA) is 101 Å². The Hall–Kier alpha value is -3.78. The van der Waals surface area contributed by atoms with Gasteiger partial charge in [-0.3, -0.25) is 19.5 Å². The predicted molar refractivity (Wildman–Crippen MR) is 123 cm³/mol. The lowest BCUT2D eigenvalue weighted by molar-refractivity contribution is -0.117. The molecule has 2 heterocycles. The standard InChI is InChI=1S/C24H20N4O3S/c29-24(27-19-6-3-18-14-26-11-9-17(18)12-19)23-13-22(23)16-4-7-21(8-5-16)32(30,31)28-20-2-1-10-25-15-20/h1-12,14-15,22-23,28H,13H2,(H,27,29)/t22-,23+/m0/s1. The van der Waals surface area contributed by atoms with Crippen molar-refractivity contribution >= 4 is 38.1 Å². The summed E-state index contributed by atoms with van der Waals surface area (Å²) >= 11 is 0. The fourth-order valence-electron chi connectivity index (χ4n) is 3.78. The number of sulfonamides is 1. The van der Waals surface area contributed by atoms with Crippen molar-refractivity contribution in [2.75, 3.05) is 10.0 Å². The Labute approximate surface area is 185 Å². The smallest absolute Gasteiger partial charge is 0.261 e. The van der Waals surface area contributed by atoms with Crippen LogP contribution in [0.15, 0.2) is 90.3 Å². The minimum Gasteiger partial charge on any atom is -0.326 e. The van der Waals surface area contributed by atoms with Gasteiger partial charge in [-0.05, 0) is 65.8 Å². The van der Waals surface area contributed by atoms with Crippen molar-refractivity contribution < 1.29 is 13.2 Å². The van der Waals surface area contributed by atoms with Crippen LogP contribution < -0.4 is 10.0 Å². The maximum Gasteiger partial charge on any atom is 0.261 e. The molecule has 0 unspecified atom stereocenters. The van der Waals surface area contributed by atoms with Crippen molar-refractivity contribution in [1.82, 2.24) is 9.97 Å². The summed E-state index contributed by atoms with van der Waals surface area (Å²) in [5, 5.41) is 5.02. The maximum absolute atomic E-state index is 12.7. The molecule has 8 heteroatoms. The number of carbonyl (C=O) groups is 1. The van der Waals surface area contributed by atoms with Gasteiger partial charge in [-0.15, -0.1) is 0 Å². The molecule has 2 aromatic carbocycles. The SMILES string of the molecule is O=C(Nc1ccc2cnccc2c1)[C@@H]1C[C@H]1c1ccc(S(=O)(=O)Nc2cccnc2)cc1. The molecule has 0 aliphatic heterocycles. The van der Waals surface area contributed by atoms with Crippen molar-refractivity contribution in [3.05, 3.63) is 91.0 Å². The first-order valence-corrected chi connectivity index (χ1v) is 11.7. The van der Waals surface area contributed by atoms with Gasteiger partial charge in [-0.2, -0.15) is 0 Å². The summed E-state index contributed by atoms with van der Waals surface area (Å²) in [5.41, 5.74) is 2.11. The van der Waals surface area contributed by atoms with Gasteiger partial charge in [0.25, 0.3) is 10.0 Å². The lowest BCUT2D eigenvalue weighted by Gasteiger charge is -2.09. The van der Waals surface area contributed by atoms with Gasteiger partial charge >= 0.3 is 0 Å². The first-order valence-electron chi connectivity index (χ1n) is 10.2. The molecule has 4 aromatic rings. The van der Waals surface area contributed by atoms with Crippen LogP contribution in [0.1, 0.15) is 17.9 Å². The molecule has 1 aliphatic rings. The van der Waals surface area contributed by atoms with Crippen molar-refractivity contribution in [2.45, 2.75) is 17.2 Å². The van der Waals surface area contributed by atoms with Crippen molar-refractivity contribution in [2.24, 2.45) is 5.92 Å². The van der Waals surface area contributed by atoms with Crippen molar-refractivity contribution in [3.63, 3.8) is 0 Å². The van der Waals surface area contributed by atoms with E-state index in [0.29, 0.717) is 5.69 Å². The van der Waals surface area contributed by atoms with Crippen LogP contribution in [0, 0.1) is 5.92 Å². The van der Waals surface area contributed by atoms with Crippen LogP contribution in [0.5, 0.6) is 0 Å². The second-order valence-corrected chi connectivity index (χ2v) is 9.47. The average Bonchev–Trinajstić information content (AvgIpc) is 3.61. The van der Waals surface area contributed by atoms with Gasteiger partial charge in [-0.1, -0.05) is 18.2 Å². The summed E-state index contributed by atoms with van der Waals surface area (Å²) in [6, 6.07) is 17.6. The second-order valence-electron chi connectivity index (χ2n) is 7.79. The molecule has 0 saturated heterocycles. The highest BCUT2D eigenvalue weighted by molar-refractivity contribution is 7.92. The van der Waals surface area contributed by atoms with E-state index in [1.54, 1.807) is 55.0 Å². The number of rotatable bonds is 6. The number of hydrogen-bond acceptors (Lipinski definition) is 5. The van der Waals surface area contributed by atoms with Crippen LogP contribution in [0.4, 0.5) is 11.4 Å². The molecule has 2 atom stereocenters. The van der Waals surface area contributed by atoms with Gasteiger partial charge in [0, 0.05) is 35.6 Å². The normalized spacial score (nSPS) is 17.6. The highest BCUT2D eigenvalue weighted by Crippen LogP contribution is 2.48. The fraction of sp³-hybridized carbons (Fsp3) is 0.125. The molecule has 7 nitrogen and oxygen atoms in total. The minimum absolute atomic E-state index is 0.0293. The molecule has 0 bridgehead atoms. The van der Waals surface area contributed by atoms with Crippen molar-refractivity contribution in [1.29, 1.82) is 0 Å². The molecule has 1 saturated carbocycles. The van der Waals surface area contributed by atoms with E-state index in [1.165, 1.54) is 6.20 Å². The Kier molecular flexibility index (Phi) is 5.07. The summed E-state index contributed by atoms with van der Waals surface area (Å²) < 4.78 is 27.6. The third kappa shape index (κ3) is 4.17. The van der Waals surface area contributed by atoms with Gasteiger partial charge in [0.15, 0.2) is 0 Å². The number of hydrogen-bond donors (Lipinski definition) is 2. The van der Waals surface area contributed by atoms with Gasteiger partial charge < -0.3 is 5.32 Å². The van der Waals surface area contributed by atoms with Crippen LogP contribution >= 0.6 is 0 Å². The third-order valence-corrected chi connectivity index (χ3v) is 6.96. The maximum atomic E-state index is 12.7. The Morgan fingerprint density at radius 1 is 0.875 bits per heavy atom. The monoisotopic (exact) mass is 444 g/mol. The van der Waals surface area contributed by atoms with E-state index in [1.807, 2.05) is 24.3 Å². The van der Waals surface area contributed by atoms with Gasteiger partial charge in [0.2, 0.25) is 5.91 Å². The number of nitrogens with one attached hydrogen (secondary N) is 2. The molecular weight excluding hydrogens is 424 g/mol. The number of nitrogens with zero attached hydrogens (tertiary/aromatic N) is 2. The average molecular weight is 445 g/mol. The summed E-state index contributed by atoms with van der Waals surface area (Å²) in [6.45, 7) is 0.